The van der Waals surface area contributed by atoms with E-state index in [-0.39, 0.29) is 43.4 Å². The maximum Gasteiger partial charge on any atom is 0.410 e. The van der Waals surface area contributed by atoms with Crippen LogP contribution in [0.2, 0.25) is 10.0 Å². The molecule has 1 aliphatic carbocycles. The van der Waals surface area contributed by atoms with Crippen molar-refractivity contribution >= 4 is 56.8 Å². The Balaban J connectivity index is 1.28. The molecule has 14 heteroatoms. The number of fused-ring (bicyclic) bond motifs is 3. The Bertz CT molecular complexity index is 2180. The highest BCUT2D eigenvalue weighted by molar-refractivity contribution is 6.39. The Morgan fingerprint density at radius 1 is 1.11 bits per heavy atom. The molecule has 4 aliphatic rings. The van der Waals surface area contributed by atoms with Gasteiger partial charge in [-0.05, 0) is 76.1 Å². The van der Waals surface area contributed by atoms with Crippen LogP contribution in [0, 0.1) is 12.4 Å². The molecule has 3 atom stereocenters. The lowest BCUT2D eigenvalue weighted by Gasteiger charge is -2.40. The minimum Gasteiger partial charge on any atom is -0.487 e. The normalized spacial score (nSPS) is 23.1. The van der Waals surface area contributed by atoms with Crippen molar-refractivity contribution in [1.29, 1.82) is 0 Å². The third-order valence-corrected chi connectivity index (χ3v) is 11.5. The molecule has 3 saturated heterocycles. The zero-order valence-electron chi connectivity index (χ0n) is 30.5. The molecule has 1 amide bonds. The van der Waals surface area contributed by atoms with E-state index in [1.165, 1.54) is 6.07 Å². The molecule has 4 aromatic rings. The molecular formula is C40H42Cl2F2N6O4. The van der Waals surface area contributed by atoms with Crippen LogP contribution in [-0.4, -0.2) is 101 Å². The fourth-order valence-electron chi connectivity index (χ4n) is 8.23. The van der Waals surface area contributed by atoms with Gasteiger partial charge in [-0.1, -0.05) is 47.5 Å². The molecular weight excluding hydrogens is 737 g/mol. The summed E-state index contributed by atoms with van der Waals surface area (Å²) in [6.45, 7) is 15.5. The topological polar surface area (TPSA) is 84.6 Å². The van der Waals surface area contributed by atoms with E-state index in [0.29, 0.717) is 63.5 Å². The number of ether oxygens (including phenoxy) is 3. The molecule has 8 rings (SSSR count). The van der Waals surface area contributed by atoms with Crippen molar-refractivity contribution in [2.45, 2.75) is 82.3 Å². The number of carbonyl (C=O) groups excluding carboxylic acids is 1. The van der Waals surface area contributed by atoms with Gasteiger partial charge in [-0.15, -0.1) is 0 Å². The Morgan fingerprint density at radius 2 is 1.93 bits per heavy atom. The van der Waals surface area contributed by atoms with Crippen LogP contribution in [0.4, 0.5) is 19.4 Å². The van der Waals surface area contributed by atoms with Crippen LogP contribution in [0.1, 0.15) is 52.9 Å². The molecule has 0 radical (unpaired) electrons. The quantitative estimate of drug-likeness (QED) is 0.164. The van der Waals surface area contributed by atoms with Gasteiger partial charge in [0.2, 0.25) is 6.54 Å². The summed E-state index contributed by atoms with van der Waals surface area (Å²) in [6, 6.07) is 9.96. The molecule has 4 heterocycles. The smallest absolute Gasteiger partial charge is 0.410 e. The van der Waals surface area contributed by atoms with Gasteiger partial charge in [0.15, 0.2) is 5.75 Å². The molecule has 1 aromatic heterocycles. The van der Waals surface area contributed by atoms with Crippen molar-refractivity contribution in [1.82, 2.24) is 19.8 Å². The molecule has 0 unspecified atom stereocenters. The molecule has 3 aromatic carbocycles. The van der Waals surface area contributed by atoms with Gasteiger partial charge < -0.3 is 24.0 Å². The van der Waals surface area contributed by atoms with E-state index in [1.54, 1.807) is 17.0 Å². The maximum atomic E-state index is 15.0. The van der Waals surface area contributed by atoms with Crippen LogP contribution in [-0.2, 0) is 4.74 Å². The zero-order valence-corrected chi connectivity index (χ0v) is 32.0. The average Bonchev–Trinajstić information content (AvgIpc) is 3.78. The number of anilines is 1. The molecule has 54 heavy (non-hydrogen) atoms. The molecule has 0 bridgehead atoms. The summed E-state index contributed by atoms with van der Waals surface area (Å²) in [7, 11) is 0. The highest BCUT2D eigenvalue weighted by atomic mass is 35.5. The first-order valence-corrected chi connectivity index (χ1v) is 19.3. The first kappa shape index (κ1) is 36.8. The van der Waals surface area contributed by atoms with Gasteiger partial charge in [-0.3, -0.25) is 9.80 Å². The molecule has 4 fully saturated rings. The van der Waals surface area contributed by atoms with Crippen molar-refractivity contribution in [3.63, 3.8) is 0 Å². The van der Waals surface area contributed by atoms with Crippen molar-refractivity contribution in [2.75, 3.05) is 50.8 Å². The molecule has 1 saturated carbocycles. The summed E-state index contributed by atoms with van der Waals surface area (Å²) in [5.41, 5.74) is 0.402. The lowest BCUT2D eigenvalue weighted by atomic mass is 9.95. The van der Waals surface area contributed by atoms with E-state index in [9.17, 15) is 13.6 Å². The number of hydrogen-bond donors (Lipinski definition) is 0. The van der Waals surface area contributed by atoms with E-state index < -0.39 is 35.3 Å². The molecule has 3 aliphatic heterocycles. The SMILES string of the molecule is [C-]#[N+]C[C@H]1CN(c2nc(OC[C@@]34CCCN3C[C@H](F)C4)nc3c(OC4CC4)c(-c4cccc5ccc(F)c(Cl)c45)c(Cl)cc23)CCN1C(=O)OC(C)(C)C. The number of amides is 1. The summed E-state index contributed by atoms with van der Waals surface area (Å²) in [4.78, 5) is 32.7. The van der Waals surface area contributed by atoms with Crippen LogP contribution in [0.3, 0.4) is 0 Å². The molecule has 10 nitrogen and oxygen atoms in total. The number of hydrogen-bond acceptors (Lipinski definition) is 8. The van der Waals surface area contributed by atoms with Crippen molar-refractivity contribution < 1.29 is 27.8 Å². The van der Waals surface area contributed by atoms with Gasteiger partial charge in [0, 0.05) is 48.9 Å². The van der Waals surface area contributed by atoms with Crippen molar-refractivity contribution in [3.05, 3.63) is 63.7 Å². The number of halogens is 4. The third kappa shape index (κ3) is 6.95. The molecule has 0 N–H and O–H groups in total. The van der Waals surface area contributed by atoms with Crippen LogP contribution in [0.25, 0.3) is 37.6 Å². The zero-order chi connectivity index (χ0) is 37.9. The highest BCUT2D eigenvalue weighted by Crippen LogP contribution is 2.49. The summed E-state index contributed by atoms with van der Waals surface area (Å²) < 4.78 is 48.6. The summed E-state index contributed by atoms with van der Waals surface area (Å²) in [5, 5.41) is 2.11. The lowest BCUT2D eigenvalue weighted by Crippen LogP contribution is -2.57. The summed E-state index contributed by atoms with van der Waals surface area (Å²) in [5.74, 6) is 0.345. The molecule has 284 valence electrons. The minimum atomic E-state index is -0.928. The first-order valence-electron chi connectivity index (χ1n) is 18.5. The Kier molecular flexibility index (Phi) is 9.64. The Morgan fingerprint density at radius 3 is 2.69 bits per heavy atom. The van der Waals surface area contributed by atoms with E-state index >= 15 is 0 Å². The average molecular weight is 780 g/mol. The van der Waals surface area contributed by atoms with Crippen LogP contribution < -0.4 is 14.4 Å². The van der Waals surface area contributed by atoms with E-state index in [0.717, 1.165) is 37.6 Å². The largest absolute Gasteiger partial charge is 0.487 e. The minimum absolute atomic E-state index is 0.0270. The second-order valence-corrected chi connectivity index (χ2v) is 16.6. The number of benzene rings is 3. The van der Waals surface area contributed by atoms with Gasteiger partial charge >= 0.3 is 12.1 Å². The Hall–Kier alpha value is -4.18. The highest BCUT2D eigenvalue weighted by Gasteiger charge is 2.49. The fraction of sp³-hybridized carbons (Fsp3) is 0.500. The van der Waals surface area contributed by atoms with Gasteiger partial charge in [-0.2, -0.15) is 9.97 Å². The third-order valence-electron chi connectivity index (χ3n) is 10.8. The standard InChI is InChI=1S/C40H42Cl2F2N6O4/c1-39(2,3)54-38(51)50-16-15-48(21-25(50)19-45-4)36-28-17-29(41)32(27-8-5-7-23-9-12-30(44)33(42)31(23)27)35(53-26-10-11-26)34(28)46-37(47-36)52-22-40-13-6-14-49(40)20-24(43)18-40/h5,7-9,12,17,24-26H,6,10-11,13-16,18-22H2,1-3H3/t24-,25+,40+/m1/s1. The number of carbonyl (C=O) groups is 1. The number of nitrogens with zero attached hydrogens (tertiary/aromatic N) is 6. The maximum absolute atomic E-state index is 15.0. The summed E-state index contributed by atoms with van der Waals surface area (Å²) >= 11 is 13.9. The monoisotopic (exact) mass is 778 g/mol. The number of alkyl halides is 1. The lowest BCUT2D eigenvalue weighted by molar-refractivity contribution is 0.0155. The number of rotatable bonds is 8. The van der Waals surface area contributed by atoms with Gasteiger partial charge in [-0.25, -0.2) is 20.1 Å². The Labute approximate surface area is 323 Å². The second kappa shape index (κ2) is 14.2. The van der Waals surface area contributed by atoms with Crippen LogP contribution in [0.15, 0.2) is 36.4 Å². The van der Waals surface area contributed by atoms with Gasteiger partial charge in [0.25, 0.3) is 0 Å². The van der Waals surface area contributed by atoms with Gasteiger partial charge in [0.05, 0.1) is 21.7 Å². The van der Waals surface area contributed by atoms with E-state index in [4.69, 9.17) is 54.0 Å². The van der Waals surface area contributed by atoms with Crippen molar-refractivity contribution in [3.8, 4) is 22.9 Å². The predicted molar refractivity (Wildman–Crippen MR) is 205 cm³/mol. The fourth-order valence-corrected chi connectivity index (χ4v) is 8.80. The molecule has 0 spiro atoms. The number of piperazine rings is 1. The first-order chi connectivity index (χ1) is 25.8. The van der Waals surface area contributed by atoms with Crippen LogP contribution >= 0.6 is 23.2 Å². The van der Waals surface area contributed by atoms with Gasteiger partial charge in [0.1, 0.15) is 41.6 Å². The number of aromatic nitrogens is 2. The summed E-state index contributed by atoms with van der Waals surface area (Å²) in [6.07, 6.45) is 2.35. The van der Waals surface area contributed by atoms with Crippen LogP contribution in [0.5, 0.6) is 11.8 Å². The second-order valence-electron chi connectivity index (χ2n) is 15.8. The van der Waals surface area contributed by atoms with E-state index in [2.05, 4.69) is 9.74 Å². The van der Waals surface area contributed by atoms with Crippen molar-refractivity contribution in [2.24, 2.45) is 0 Å². The van der Waals surface area contributed by atoms with E-state index in [1.807, 2.05) is 43.9 Å². The predicted octanol–water partition coefficient (Wildman–Crippen LogP) is 8.74.